The van der Waals surface area contributed by atoms with Crippen molar-refractivity contribution in [3.63, 3.8) is 0 Å². The number of ether oxygens (including phenoxy) is 3. The first-order valence-electron chi connectivity index (χ1n) is 10.3. The summed E-state index contributed by atoms with van der Waals surface area (Å²) >= 11 is 0. The normalized spacial score (nSPS) is 26.8. The van der Waals surface area contributed by atoms with Crippen molar-refractivity contribution in [2.75, 3.05) is 52.5 Å². The van der Waals surface area contributed by atoms with E-state index in [2.05, 4.69) is 4.90 Å². The molecule has 6 nitrogen and oxygen atoms in total. The van der Waals surface area contributed by atoms with Crippen LogP contribution < -0.4 is 9.47 Å². The van der Waals surface area contributed by atoms with Gasteiger partial charge in [-0.25, -0.2) is 0 Å². The topological polar surface area (TPSA) is 51.2 Å². The average Bonchev–Trinajstić information content (AvgIpc) is 3.19. The Balaban J connectivity index is 1.17. The van der Waals surface area contributed by atoms with Crippen LogP contribution in [0, 0.1) is 5.92 Å². The summed E-state index contributed by atoms with van der Waals surface area (Å²) in [5, 5.41) is 0. The number of fused-ring (bicyclic) bond motifs is 1. The van der Waals surface area contributed by atoms with Crippen molar-refractivity contribution < 1.29 is 19.0 Å². The van der Waals surface area contributed by atoms with Crippen molar-refractivity contribution in [2.24, 2.45) is 5.92 Å². The molecule has 0 unspecified atom stereocenters. The monoisotopic (exact) mass is 372 g/mol. The summed E-state index contributed by atoms with van der Waals surface area (Å²) in [5.74, 6) is 1.92. The molecule has 27 heavy (non-hydrogen) atoms. The maximum absolute atomic E-state index is 12.9. The van der Waals surface area contributed by atoms with Gasteiger partial charge in [-0.05, 0) is 56.8 Å². The van der Waals surface area contributed by atoms with E-state index in [1.807, 2.05) is 23.1 Å². The first-order valence-corrected chi connectivity index (χ1v) is 10.3. The predicted molar refractivity (Wildman–Crippen MR) is 100 cm³/mol. The maximum atomic E-state index is 12.9. The second kappa shape index (κ2) is 6.99. The van der Waals surface area contributed by atoms with E-state index < -0.39 is 0 Å². The number of rotatable bonds is 3. The molecule has 4 heterocycles. The minimum absolute atomic E-state index is 0.0192. The molecule has 4 aliphatic rings. The van der Waals surface area contributed by atoms with Crippen LogP contribution in [-0.2, 0) is 4.74 Å². The van der Waals surface area contributed by atoms with E-state index in [0.29, 0.717) is 49.3 Å². The van der Waals surface area contributed by atoms with Gasteiger partial charge in [0.15, 0.2) is 11.5 Å². The third-order valence-electron chi connectivity index (χ3n) is 6.39. The minimum Gasteiger partial charge on any atom is -0.486 e. The summed E-state index contributed by atoms with van der Waals surface area (Å²) in [4.78, 5) is 17.4. The first-order chi connectivity index (χ1) is 13.2. The molecule has 0 aromatic heterocycles. The number of hydrogen-bond donors (Lipinski definition) is 0. The van der Waals surface area contributed by atoms with Crippen LogP contribution in [0.25, 0.3) is 0 Å². The number of nitrogens with zero attached hydrogens (tertiary/aromatic N) is 2. The molecule has 0 bridgehead atoms. The lowest BCUT2D eigenvalue weighted by atomic mass is 9.82. The van der Waals surface area contributed by atoms with Crippen LogP contribution in [-0.4, -0.2) is 73.9 Å². The lowest BCUT2D eigenvalue weighted by Gasteiger charge is -2.53. The number of para-hydroxylation sites is 1. The second-order valence-electron chi connectivity index (χ2n) is 8.40. The Bertz CT molecular complexity index is 700. The Kier molecular flexibility index (Phi) is 4.48. The van der Waals surface area contributed by atoms with Crippen LogP contribution in [0.5, 0.6) is 11.5 Å². The molecule has 1 aromatic rings. The summed E-state index contributed by atoms with van der Waals surface area (Å²) in [5.41, 5.74) is 0.480. The second-order valence-corrected chi connectivity index (χ2v) is 8.40. The van der Waals surface area contributed by atoms with Gasteiger partial charge < -0.3 is 24.0 Å². The van der Waals surface area contributed by atoms with Crippen LogP contribution in [0.15, 0.2) is 18.2 Å². The van der Waals surface area contributed by atoms with E-state index in [1.54, 1.807) is 0 Å². The van der Waals surface area contributed by atoms with Gasteiger partial charge >= 0.3 is 0 Å². The van der Waals surface area contributed by atoms with Gasteiger partial charge in [-0.15, -0.1) is 0 Å². The lowest BCUT2D eigenvalue weighted by Crippen LogP contribution is -2.66. The zero-order chi connectivity index (χ0) is 18.3. The highest BCUT2D eigenvalue weighted by Gasteiger charge is 2.49. The Morgan fingerprint density at radius 2 is 1.96 bits per heavy atom. The van der Waals surface area contributed by atoms with Gasteiger partial charge in [-0.1, -0.05) is 6.07 Å². The molecule has 6 heteroatoms. The lowest BCUT2D eigenvalue weighted by molar-refractivity contribution is -0.168. The molecule has 0 aliphatic carbocycles. The molecule has 0 radical (unpaired) electrons. The largest absolute Gasteiger partial charge is 0.486 e. The highest BCUT2D eigenvalue weighted by molar-refractivity contribution is 5.98. The van der Waals surface area contributed by atoms with E-state index in [4.69, 9.17) is 14.2 Å². The van der Waals surface area contributed by atoms with Gasteiger partial charge in [0.25, 0.3) is 5.91 Å². The molecule has 146 valence electrons. The quantitative estimate of drug-likeness (QED) is 0.814. The fourth-order valence-electron chi connectivity index (χ4n) is 4.85. The zero-order valence-corrected chi connectivity index (χ0v) is 15.8. The standard InChI is InChI=1S/C21H28N2O4/c24-20(17-4-3-5-18-19(17)26-11-10-25-18)23-14-21(15-23)7-6-16(13-27-21)12-22-8-1-2-9-22/h3-5,16H,1-2,6-15H2/t16-/m1/s1. The molecule has 1 spiro atoms. The highest BCUT2D eigenvalue weighted by Crippen LogP contribution is 2.39. The van der Waals surface area contributed by atoms with E-state index in [-0.39, 0.29) is 11.5 Å². The van der Waals surface area contributed by atoms with Gasteiger partial charge in [-0.3, -0.25) is 4.79 Å². The van der Waals surface area contributed by atoms with E-state index in [0.717, 1.165) is 13.0 Å². The number of hydrogen-bond acceptors (Lipinski definition) is 5. The van der Waals surface area contributed by atoms with Gasteiger partial charge in [0.1, 0.15) is 18.8 Å². The number of likely N-dealkylation sites (tertiary alicyclic amines) is 2. The van der Waals surface area contributed by atoms with Gasteiger partial charge in [0.05, 0.1) is 25.3 Å². The first kappa shape index (κ1) is 17.3. The summed E-state index contributed by atoms with van der Waals surface area (Å²) in [6.07, 6.45) is 4.94. The molecule has 0 N–H and O–H groups in total. The molecule has 5 rings (SSSR count). The fraction of sp³-hybridized carbons (Fsp3) is 0.667. The van der Waals surface area contributed by atoms with E-state index >= 15 is 0 Å². The average molecular weight is 372 g/mol. The van der Waals surface area contributed by atoms with Gasteiger partial charge in [-0.2, -0.15) is 0 Å². The minimum atomic E-state index is -0.122. The highest BCUT2D eigenvalue weighted by atomic mass is 16.6. The van der Waals surface area contributed by atoms with Crippen LogP contribution in [0.2, 0.25) is 0 Å². The molecule has 1 aromatic carbocycles. The summed E-state index contributed by atoms with van der Waals surface area (Å²) in [7, 11) is 0. The molecule has 3 saturated heterocycles. The predicted octanol–water partition coefficient (Wildman–Crippen LogP) is 2.17. The number of carbonyl (C=O) groups excluding carboxylic acids is 1. The van der Waals surface area contributed by atoms with E-state index in [9.17, 15) is 4.79 Å². The SMILES string of the molecule is O=C(c1cccc2c1OCCO2)N1CC2(CC[C@H](CN3CCCC3)CO2)C1. The van der Waals surface area contributed by atoms with Crippen LogP contribution in [0.1, 0.15) is 36.0 Å². The van der Waals surface area contributed by atoms with Crippen molar-refractivity contribution in [1.82, 2.24) is 9.80 Å². The van der Waals surface area contributed by atoms with Gasteiger partial charge in [0.2, 0.25) is 0 Å². The van der Waals surface area contributed by atoms with Crippen molar-refractivity contribution in [3.8, 4) is 11.5 Å². The molecule has 1 amide bonds. The molecule has 1 atom stereocenters. The third kappa shape index (κ3) is 3.29. The third-order valence-corrected chi connectivity index (χ3v) is 6.39. The van der Waals surface area contributed by atoms with Crippen molar-refractivity contribution in [1.29, 1.82) is 0 Å². The van der Waals surface area contributed by atoms with Crippen molar-refractivity contribution in [2.45, 2.75) is 31.3 Å². The van der Waals surface area contributed by atoms with E-state index in [1.165, 1.54) is 38.9 Å². The van der Waals surface area contributed by atoms with Crippen LogP contribution >= 0.6 is 0 Å². The smallest absolute Gasteiger partial charge is 0.257 e. The summed E-state index contributed by atoms with van der Waals surface area (Å²) < 4.78 is 17.6. The Morgan fingerprint density at radius 3 is 2.74 bits per heavy atom. The number of carbonyl (C=O) groups is 1. The van der Waals surface area contributed by atoms with Crippen LogP contribution in [0.3, 0.4) is 0 Å². The van der Waals surface area contributed by atoms with Gasteiger partial charge in [0, 0.05) is 6.54 Å². The summed E-state index contributed by atoms with van der Waals surface area (Å²) in [6, 6.07) is 5.54. The fourth-order valence-corrected chi connectivity index (χ4v) is 4.85. The molecule has 3 fully saturated rings. The Labute approximate surface area is 160 Å². The molecule has 4 aliphatic heterocycles. The number of benzene rings is 1. The van der Waals surface area contributed by atoms with Crippen molar-refractivity contribution >= 4 is 5.91 Å². The maximum Gasteiger partial charge on any atom is 0.257 e. The number of amides is 1. The van der Waals surface area contributed by atoms with Crippen molar-refractivity contribution in [3.05, 3.63) is 23.8 Å². The molecule has 0 saturated carbocycles. The summed E-state index contributed by atoms with van der Waals surface area (Å²) in [6.45, 7) is 6.89. The Morgan fingerprint density at radius 1 is 1.15 bits per heavy atom. The molecular weight excluding hydrogens is 344 g/mol. The molecular formula is C21H28N2O4. The Hall–Kier alpha value is -1.79. The van der Waals surface area contributed by atoms with Crippen LogP contribution in [0.4, 0.5) is 0 Å². The zero-order valence-electron chi connectivity index (χ0n) is 15.8.